The summed E-state index contributed by atoms with van der Waals surface area (Å²) in [5.74, 6) is -0.655. The molecule has 0 aliphatic carbocycles. The molecule has 7 heteroatoms. The second-order valence-corrected chi connectivity index (χ2v) is 7.52. The number of halogens is 1. The summed E-state index contributed by atoms with van der Waals surface area (Å²) in [5, 5.41) is 3.01. The number of likely N-dealkylation sites (tertiary alicyclic amines) is 1. The van der Waals surface area contributed by atoms with Gasteiger partial charge in [-0.05, 0) is 24.5 Å². The molecule has 1 N–H and O–H groups in total. The van der Waals surface area contributed by atoms with Crippen molar-refractivity contribution in [1.29, 1.82) is 0 Å². The minimum atomic E-state index is -0.299. The Hall–Kier alpha value is -2.28. The van der Waals surface area contributed by atoms with Gasteiger partial charge < -0.3 is 10.2 Å². The molecule has 1 aliphatic heterocycles. The first-order chi connectivity index (χ1) is 12.5. The second-order valence-electron chi connectivity index (χ2n) is 6.55. The highest BCUT2D eigenvalue weighted by Gasteiger charge is 2.37. The lowest BCUT2D eigenvalue weighted by molar-refractivity contribution is -0.128. The van der Waals surface area contributed by atoms with Crippen molar-refractivity contribution in [2.24, 2.45) is 0 Å². The number of aryl methyl sites for hydroxylation is 1. The van der Waals surface area contributed by atoms with Crippen LogP contribution in [0.2, 0.25) is 0 Å². The van der Waals surface area contributed by atoms with Crippen molar-refractivity contribution in [2.45, 2.75) is 38.1 Å². The monoisotopic (exact) mass is 375 g/mol. The lowest BCUT2D eigenvalue weighted by Crippen LogP contribution is -2.40. The molecule has 1 aliphatic rings. The Balaban J connectivity index is 1.62. The molecule has 1 fully saturated rings. The summed E-state index contributed by atoms with van der Waals surface area (Å²) in [6.45, 7) is 2.33. The third-order valence-electron chi connectivity index (χ3n) is 4.73. The van der Waals surface area contributed by atoms with Crippen LogP contribution in [0, 0.1) is 5.82 Å². The van der Waals surface area contributed by atoms with Gasteiger partial charge >= 0.3 is 0 Å². The Kier molecular flexibility index (Phi) is 5.98. The summed E-state index contributed by atoms with van der Waals surface area (Å²) in [6.07, 6.45) is 3.78. The van der Waals surface area contributed by atoms with Gasteiger partial charge in [-0.25, -0.2) is 4.39 Å². The largest absolute Gasteiger partial charge is 0.351 e. The molecule has 1 aromatic heterocycles. The summed E-state index contributed by atoms with van der Waals surface area (Å²) in [5.41, 5.74) is 2.33. The minimum absolute atomic E-state index is 0.0618. The maximum atomic E-state index is 14.2. The van der Waals surface area contributed by atoms with E-state index in [0.29, 0.717) is 25.1 Å². The van der Waals surface area contributed by atoms with E-state index in [-0.39, 0.29) is 29.6 Å². The van der Waals surface area contributed by atoms with E-state index < -0.39 is 0 Å². The zero-order valence-electron chi connectivity index (χ0n) is 14.7. The molecule has 1 aromatic carbocycles. The molecule has 5 nitrogen and oxygen atoms in total. The Morgan fingerprint density at radius 1 is 1.35 bits per heavy atom. The molecule has 2 aromatic rings. The molecule has 0 spiro atoms. The first-order valence-electron chi connectivity index (χ1n) is 8.71. The fourth-order valence-electron chi connectivity index (χ4n) is 3.37. The van der Waals surface area contributed by atoms with Crippen molar-refractivity contribution in [3.8, 4) is 0 Å². The summed E-state index contributed by atoms with van der Waals surface area (Å²) in [6, 6.07) is 6.30. The number of hydrogen-bond acceptors (Lipinski definition) is 4. The highest BCUT2D eigenvalue weighted by molar-refractivity contribution is 7.09. The van der Waals surface area contributed by atoms with E-state index in [2.05, 4.69) is 10.3 Å². The molecule has 0 unspecified atom stereocenters. The van der Waals surface area contributed by atoms with Crippen LogP contribution in [0.4, 0.5) is 4.39 Å². The van der Waals surface area contributed by atoms with Gasteiger partial charge in [0.15, 0.2) is 0 Å². The number of amides is 2. The lowest BCUT2D eigenvalue weighted by Gasteiger charge is -2.20. The molecule has 2 amide bonds. The van der Waals surface area contributed by atoms with E-state index in [1.165, 1.54) is 13.0 Å². The van der Waals surface area contributed by atoms with Gasteiger partial charge in [-0.3, -0.25) is 14.6 Å². The summed E-state index contributed by atoms with van der Waals surface area (Å²) >= 11 is 1.58. The first-order valence-corrected chi connectivity index (χ1v) is 9.59. The van der Waals surface area contributed by atoms with Crippen LogP contribution in [0.1, 0.15) is 36.1 Å². The van der Waals surface area contributed by atoms with E-state index in [1.54, 1.807) is 39.9 Å². The van der Waals surface area contributed by atoms with Crippen LogP contribution in [0.15, 0.2) is 36.0 Å². The molecule has 0 bridgehead atoms. The van der Waals surface area contributed by atoms with Crippen molar-refractivity contribution in [3.63, 3.8) is 0 Å². The first kappa shape index (κ1) is 18.5. The maximum Gasteiger partial charge on any atom is 0.220 e. The van der Waals surface area contributed by atoms with Gasteiger partial charge in [0.05, 0.1) is 11.6 Å². The maximum absolute atomic E-state index is 14.2. The van der Waals surface area contributed by atoms with Crippen molar-refractivity contribution in [3.05, 3.63) is 52.2 Å². The third-order valence-corrected chi connectivity index (χ3v) is 5.57. The predicted molar refractivity (Wildman–Crippen MR) is 98.4 cm³/mol. The van der Waals surface area contributed by atoms with Gasteiger partial charge in [0.2, 0.25) is 11.8 Å². The summed E-state index contributed by atoms with van der Waals surface area (Å²) in [4.78, 5) is 31.0. The minimum Gasteiger partial charge on any atom is -0.351 e. The number of nitrogens with zero attached hydrogens (tertiary/aromatic N) is 2. The topological polar surface area (TPSA) is 62.3 Å². The van der Waals surface area contributed by atoms with Crippen LogP contribution >= 0.6 is 11.3 Å². The Labute approximate surface area is 156 Å². The van der Waals surface area contributed by atoms with E-state index in [1.807, 2.05) is 6.20 Å². The smallest absolute Gasteiger partial charge is 0.220 e. The van der Waals surface area contributed by atoms with Gasteiger partial charge in [-0.1, -0.05) is 18.2 Å². The number of thiazole rings is 1. The Morgan fingerprint density at radius 3 is 2.85 bits per heavy atom. The molecule has 26 heavy (non-hydrogen) atoms. The third kappa shape index (κ3) is 4.46. The molecule has 2 heterocycles. The number of aromatic nitrogens is 1. The average Bonchev–Trinajstić information content (AvgIpc) is 3.25. The van der Waals surface area contributed by atoms with Gasteiger partial charge in [0.1, 0.15) is 5.82 Å². The van der Waals surface area contributed by atoms with E-state index in [9.17, 15) is 14.0 Å². The highest BCUT2D eigenvalue weighted by atomic mass is 32.1. The van der Waals surface area contributed by atoms with Gasteiger partial charge in [-0.2, -0.15) is 0 Å². The summed E-state index contributed by atoms with van der Waals surface area (Å²) < 4.78 is 14.2. The van der Waals surface area contributed by atoms with Crippen LogP contribution in [-0.2, 0) is 16.0 Å². The quantitative estimate of drug-likeness (QED) is 0.844. The van der Waals surface area contributed by atoms with Crippen LogP contribution in [-0.4, -0.2) is 40.8 Å². The van der Waals surface area contributed by atoms with Crippen LogP contribution < -0.4 is 5.32 Å². The second kappa shape index (κ2) is 8.40. The van der Waals surface area contributed by atoms with Crippen molar-refractivity contribution in [1.82, 2.24) is 15.2 Å². The van der Waals surface area contributed by atoms with Crippen LogP contribution in [0.25, 0.3) is 0 Å². The number of nitrogens with one attached hydrogen (secondary N) is 1. The summed E-state index contributed by atoms with van der Waals surface area (Å²) in [7, 11) is 0. The highest BCUT2D eigenvalue weighted by Crippen LogP contribution is 2.29. The van der Waals surface area contributed by atoms with Gasteiger partial charge in [0.25, 0.3) is 0 Å². The molecule has 3 rings (SSSR count). The SMILES string of the molecule is CC(=O)N1C[C@@H](NC(=O)CCCc2cncs2)[C@H](c2ccccc2F)C1. The molecule has 0 saturated carbocycles. The van der Waals surface area contributed by atoms with Gasteiger partial charge in [0, 0.05) is 43.4 Å². The fraction of sp³-hybridized carbons (Fsp3) is 0.421. The zero-order chi connectivity index (χ0) is 18.5. The molecular weight excluding hydrogens is 353 g/mol. The predicted octanol–water partition coefficient (Wildman–Crippen LogP) is 2.74. The molecule has 0 radical (unpaired) electrons. The average molecular weight is 375 g/mol. The number of hydrogen-bond donors (Lipinski definition) is 1. The Morgan fingerprint density at radius 2 is 2.15 bits per heavy atom. The fourth-order valence-corrected chi connectivity index (χ4v) is 4.01. The number of rotatable bonds is 6. The number of benzene rings is 1. The number of carbonyl (C=O) groups excluding carboxylic acids is 2. The number of carbonyl (C=O) groups is 2. The standard InChI is InChI=1S/C19H22FN3O2S/c1-13(24)23-10-16(15-6-2-3-7-17(15)20)18(11-23)22-19(25)8-4-5-14-9-21-12-26-14/h2-3,6-7,9,12,16,18H,4-5,8,10-11H2,1H3,(H,22,25)/t16-,18+/m0/s1. The Bertz CT molecular complexity index is 766. The van der Waals surface area contributed by atoms with Crippen molar-refractivity contribution in [2.75, 3.05) is 13.1 Å². The van der Waals surface area contributed by atoms with Crippen molar-refractivity contribution < 1.29 is 14.0 Å². The van der Waals surface area contributed by atoms with E-state index in [0.717, 1.165) is 17.7 Å². The zero-order valence-corrected chi connectivity index (χ0v) is 15.5. The normalized spacial score (nSPS) is 19.5. The molecule has 2 atom stereocenters. The van der Waals surface area contributed by atoms with Gasteiger partial charge in [-0.15, -0.1) is 11.3 Å². The van der Waals surface area contributed by atoms with E-state index in [4.69, 9.17) is 0 Å². The van der Waals surface area contributed by atoms with Crippen LogP contribution in [0.5, 0.6) is 0 Å². The van der Waals surface area contributed by atoms with Crippen LogP contribution in [0.3, 0.4) is 0 Å². The molecule has 138 valence electrons. The molecular formula is C19H22FN3O2S. The lowest BCUT2D eigenvalue weighted by atomic mass is 9.93. The molecule has 1 saturated heterocycles. The van der Waals surface area contributed by atoms with E-state index >= 15 is 0 Å². The van der Waals surface area contributed by atoms with Crippen molar-refractivity contribution >= 4 is 23.2 Å².